The fraction of sp³-hybridized carbons (Fsp3) is 0.111. The lowest BCUT2D eigenvalue weighted by atomic mass is 10.0. The number of rotatable bonds is 4. The van der Waals surface area contributed by atoms with Crippen molar-refractivity contribution in [2.75, 3.05) is 0 Å². The summed E-state index contributed by atoms with van der Waals surface area (Å²) >= 11 is 0. The number of benzene rings is 2. The first-order chi connectivity index (χ1) is 11.6. The Morgan fingerprint density at radius 1 is 1.04 bits per heavy atom. The maximum Gasteiger partial charge on any atom is 0.387 e. The molecule has 1 aliphatic rings. The fourth-order valence-electron chi connectivity index (χ4n) is 2.84. The Kier molecular flexibility index (Phi) is 4.08. The lowest BCUT2D eigenvalue weighted by Crippen LogP contribution is -2.34. The van der Waals surface area contributed by atoms with Crippen molar-refractivity contribution in [3.05, 3.63) is 88.2 Å². The minimum atomic E-state index is -0.698. The number of aliphatic hydroxyl groups excluding tert-OH is 1. The summed E-state index contributed by atoms with van der Waals surface area (Å²) in [6.45, 7) is 0. The van der Waals surface area contributed by atoms with Crippen molar-refractivity contribution >= 4 is 11.8 Å². The van der Waals surface area contributed by atoms with E-state index >= 15 is 0 Å². The topological polar surface area (TPSA) is 85.8 Å². The number of fused-ring (bicyclic) bond motifs is 1. The highest BCUT2D eigenvalue weighted by atomic mass is 16.3. The summed E-state index contributed by atoms with van der Waals surface area (Å²) in [7, 11) is 0. The van der Waals surface area contributed by atoms with E-state index in [0.717, 1.165) is 11.1 Å². The van der Waals surface area contributed by atoms with Gasteiger partial charge < -0.3 is 5.11 Å². The third-order valence-corrected chi connectivity index (χ3v) is 3.93. The van der Waals surface area contributed by atoms with E-state index < -0.39 is 17.9 Å². The SMILES string of the molecule is N#[N+]C=C(O)C[C@@H](c1ccccc1)N1C(=O)c2ccccc2C1=O. The lowest BCUT2D eigenvalue weighted by Gasteiger charge is -2.26. The number of hydrogen-bond donors (Lipinski definition) is 1. The standard InChI is InChI=1S/C18H13N3O3/c19-20-11-13(22)10-16(12-6-2-1-3-7-12)21-17(23)14-8-4-5-9-15(14)18(21)24/h1-9,11,16H,10H2/p+1/t16-/m0/s1. The molecule has 0 saturated heterocycles. The van der Waals surface area contributed by atoms with Crippen LogP contribution in [0.25, 0.3) is 4.98 Å². The summed E-state index contributed by atoms with van der Waals surface area (Å²) in [6.07, 6.45) is 0.841. The Morgan fingerprint density at radius 3 is 2.12 bits per heavy atom. The van der Waals surface area contributed by atoms with E-state index in [2.05, 4.69) is 4.98 Å². The van der Waals surface area contributed by atoms with E-state index in [4.69, 9.17) is 5.39 Å². The Balaban J connectivity index is 2.04. The van der Waals surface area contributed by atoms with Crippen molar-refractivity contribution in [1.82, 2.24) is 4.90 Å². The van der Waals surface area contributed by atoms with Gasteiger partial charge in [0, 0.05) is 6.42 Å². The molecule has 2 aromatic rings. The summed E-state index contributed by atoms with van der Waals surface area (Å²) in [6, 6.07) is 14.9. The van der Waals surface area contributed by atoms with Crippen LogP contribution < -0.4 is 0 Å². The van der Waals surface area contributed by atoms with Gasteiger partial charge in [-0.3, -0.25) is 14.5 Å². The molecule has 0 unspecified atom stereocenters. The van der Waals surface area contributed by atoms with Crippen LogP contribution in [0.4, 0.5) is 0 Å². The summed E-state index contributed by atoms with van der Waals surface area (Å²) in [5, 5.41) is 18.5. The Hall–Kier alpha value is -3.46. The van der Waals surface area contributed by atoms with Crippen LogP contribution in [-0.2, 0) is 0 Å². The minimum absolute atomic E-state index is 0.0421. The van der Waals surface area contributed by atoms with Crippen molar-refractivity contribution < 1.29 is 14.7 Å². The van der Waals surface area contributed by atoms with Crippen LogP contribution >= 0.6 is 0 Å². The predicted molar refractivity (Wildman–Crippen MR) is 86.5 cm³/mol. The number of carbonyl (C=O) groups excluding carboxylic acids is 2. The predicted octanol–water partition coefficient (Wildman–Crippen LogP) is 3.67. The first-order valence-corrected chi connectivity index (χ1v) is 7.37. The van der Waals surface area contributed by atoms with Gasteiger partial charge in [-0.25, -0.2) is 0 Å². The molecule has 0 fully saturated rings. The quantitative estimate of drug-likeness (QED) is 0.529. The van der Waals surface area contributed by atoms with Gasteiger partial charge in [0.05, 0.1) is 17.2 Å². The number of amides is 2. The normalized spacial score (nSPS) is 15.1. The smallest absolute Gasteiger partial charge is 0.387 e. The number of carbonyl (C=O) groups is 2. The molecule has 1 atom stereocenters. The molecule has 118 valence electrons. The number of hydrogen-bond acceptors (Lipinski definition) is 4. The van der Waals surface area contributed by atoms with Gasteiger partial charge in [0.1, 0.15) is 0 Å². The van der Waals surface area contributed by atoms with Crippen LogP contribution in [-0.4, -0.2) is 21.8 Å². The Morgan fingerprint density at radius 2 is 1.58 bits per heavy atom. The third kappa shape index (κ3) is 2.63. The van der Waals surface area contributed by atoms with Crippen molar-refractivity contribution in [3.63, 3.8) is 0 Å². The van der Waals surface area contributed by atoms with Crippen LogP contribution in [0.15, 0.2) is 66.6 Å². The van der Waals surface area contributed by atoms with Crippen LogP contribution in [0.2, 0.25) is 0 Å². The second kappa shape index (κ2) is 6.34. The van der Waals surface area contributed by atoms with Crippen molar-refractivity contribution in [1.29, 1.82) is 5.39 Å². The molecule has 6 nitrogen and oxygen atoms in total. The fourth-order valence-corrected chi connectivity index (χ4v) is 2.84. The lowest BCUT2D eigenvalue weighted by molar-refractivity contribution is 0.0573. The molecule has 24 heavy (non-hydrogen) atoms. The largest absolute Gasteiger partial charge is 0.505 e. The molecule has 2 aromatic carbocycles. The summed E-state index contributed by atoms with van der Waals surface area (Å²) < 4.78 is 0. The highest BCUT2D eigenvalue weighted by molar-refractivity contribution is 6.21. The van der Waals surface area contributed by atoms with E-state index in [1.54, 1.807) is 48.5 Å². The van der Waals surface area contributed by atoms with Gasteiger partial charge in [-0.05, 0) is 17.7 Å². The zero-order chi connectivity index (χ0) is 17.1. The van der Waals surface area contributed by atoms with E-state index in [1.807, 2.05) is 6.07 Å². The van der Waals surface area contributed by atoms with Crippen LogP contribution in [0.5, 0.6) is 0 Å². The molecule has 0 aromatic heterocycles. The number of diazo groups is 1. The first-order valence-electron chi connectivity index (χ1n) is 7.37. The summed E-state index contributed by atoms with van der Waals surface area (Å²) in [5.41, 5.74) is 1.39. The first kappa shape index (κ1) is 15.4. The molecule has 0 bridgehead atoms. The molecule has 2 amide bonds. The monoisotopic (exact) mass is 320 g/mol. The number of nitrogens with zero attached hydrogens (tertiary/aromatic N) is 3. The van der Waals surface area contributed by atoms with Crippen LogP contribution in [0.3, 0.4) is 0 Å². The second-order valence-electron chi connectivity index (χ2n) is 5.39. The molecule has 1 heterocycles. The Bertz CT molecular complexity index is 834. The molecule has 0 spiro atoms. The maximum atomic E-state index is 12.7. The highest BCUT2D eigenvalue weighted by Gasteiger charge is 2.40. The van der Waals surface area contributed by atoms with Gasteiger partial charge in [-0.1, -0.05) is 42.5 Å². The summed E-state index contributed by atoms with van der Waals surface area (Å²) in [4.78, 5) is 29.3. The van der Waals surface area contributed by atoms with Crippen molar-refractivity contribution in [2.24, 2.45) is 0 Å². The van der Waals surface area contributed by atoms with Gasteiger partial charge in [-0.2, -0.15) is 0 Å². The minimum Gasteiger partial charge on any atom is -0.505 e. The average molecular weight is 320 g/mol. The molecular weight excluding hydrogens is 306 g/mol. The van der Waals surface area contributed by atoms with Crippen molar-refractivity contribution in [3.8, 4) is 0 Å². The maximum absolute atomic E-state index is 12.7. The molecular formula is C18H14N3O3+. The van der Waals surface area contributed by atoms with E-state index in [-0.39, 0.29) is 12.2 Å². The van der Waals surface area contributed by atoms with Gasteiger partial charge in [-0.15, -0.1) is 0 Å². The van der Waals surface area contributed by atoms with Crippen molar-refractivity contribution in [2.45, 2.75) is 12.5 Å². The van der Waals surface area contributed by atoms with Crippen LogP contribution in [0.1, 0.15) is 38.7 Å². The zero-order valence-corrected chi connectivity index (χ0v) is 12.7. The molecule has 1 N–H and O–H groups in total. The molecule has 3 rings (SSSR count). The van der Waals surface area contributed by atoms with Gasteiger partial charge >= 0.3 is 6.20 Å². The molecule has 1 aliphatic heterocycles. The van der Waals surface area contributed by atoms with Gasteiger partial charge in [0.15, 0.2) is 10.7 Å². The Labute approximate surface area is 138 Å². The third-order valence-electron chi connectivity index (χ3n) is 3.93. The van der Waals surface area contributed by atoms with E-state index in [9.17, 15) is 14.7 Å². The van der Waals surface area contributed by atoms with E-state index in [0.29, 0.717) is 16.7 Å². The van der Waals surface area contributed by atoms with Gasteiger partial charge in [0.25, 0.3) is 11.8 Å². The van der Waals surface area contributed by atoms with E-state index in [1.165, 1.54) is 0 Å². The number of aliphatic hydroxyl groups is 1. The van der Waals surface area contributed by atoms with Gasteiger partial charge in [0.2, 0.25) is 5.39 Å². The molecule has 0 aliphatic carbocycles. The second-order valence-corrected chi connectivity index (χ2v) is 5.39. The number of imide groups is 1. The molecule has 0 radical (unpaired) electrons. The average Bonchev–Trinajstić information content (AvgIpc) is 2.86. The molecule has 6 heteroatoms. The highest BCUT2D eigenvalue weighted by Crippen LogP contribution is 2.34. The van der Waals surface area contributed by atoms with Crippen LogP contribution in [0, 0.1) is 5.39 Å². The summed E-state index contributed by atoms with van der Waals surface area (Å²) in [5.74, 6) is -1.04. The molecule has 0 saturated carbocycles. The zero-order valence-electron chi connectivity index (χ0n) is 12.7.